The number of allylic oxidation sites excluding steroid dienone is 4. The molecule has 1 aliphatic rings. The van der Waals surface area contributed by atoms with Crippen molar-refractivity contribution in [1.29, 1.82) is 0 Å². The molecule has 0 heterocycles. The number of hydrogen-bond donors (Lipinski definition) is 0. The Hall–Kier alpha value is -0.520. The van der Waals surface area contributed by atoms with Gasteiger partial charge in [-0.05, 0) is 30.6 Å². The molecule has 1 rings (SSSR count). The lowest BCUT2D eigenvalue weighted by molar-refractivity contribution is 0.812. The van der Waals surface area contributed by atoms with Crippen molar-refractivity contribution in [2.24, 2.45) is 23.7 Å². The van der Waals surface area contributed by atoms with Gasteiger partial charge in [-0.25, -0.2) is 0 Å². The molecule has 0 aliphatic heterocycles. The van der Waals surface area contributed by atoms with Crippen LogP contribution in [0.4, 0.5) is 0 Å². The molecule has 0 aromatic carbocycles. The maximum Gasteiger partial charge on any atom is -0.0136 e. The van der Waals surface area contributed by atoms with Gasteiger partial charge in [0.25, 0.3) is 0 Å². The van der Waals surface area contributed by atoms with Crippen LogP contribution in [0, 0.1) is 23.7 Å². The molecule has 12 heavy (non-hydrogen) atoms. The topological polar surface area (TPSA) is 0 Å². The van der Waals surface area contributed by atoms with Gasteiger partial charge >= 0.3 is 0 Å². The summed E-state index contributed by atoms with van der Waals surface area (Å²) in [5.74, 6) is 3.22. The van der Waals surface area contributed by atoms with Gasteiger partial charge < -0.3 is 0 Å². The largest absolute Gasteiger partial charge is 0.0914 e. The van der Waals surface area contributed by atoms with Crippen LogP contribution in [-0.4, -0.2) is 0 Å². The van der Waals surface area contributed by atoms with Crippen LogP contribution in [-0.2, 0) is 0 Å². The van der Waals surface area contributed by atoms with E-state index in [1.807, 2.05) is 0 Å². The van der Waals surface area contributed by atoms with Crippen molar-refractivity contribution >= 4 is 0 Å². The molecule has 1 saturated carbocycles. The zero-order chi connectivity index (χ0) is 9.14. The maximum atomic E-state index is 2.39. The van der Waals surface area contributed by atoms with Crippen LogP contribution in [0.1, 0.15) is 27.7 Å². The molecule has 3 unspecified atom stereocenters. The van der Waals surface area contributed by atoms with E-state index in [1.165, 1.54) is 0 Å². The van der Waals surface area contributed by atoms with Crippen LogP contribution in [0.2, 0.25) is 0 Å². The van der Waals surface area contributed by atoms with Crippen molar-refractivity contribution in [2.75, 3.05) is 0 Å². The van der Waals surface area contributed by atoms with Crippen LogP contribution in [0.15, 0.2) is 24.3 Å². The minimum atomic E-state index is 0.698. The van der Waals surface area contributed by atoms with E-state index in [9.17, 15) is 0 Å². The molecule has 3 atom stereocenters. The highest BCUT2D eigenvalue weighted by molar-refractivity contribution is 5.14. The molecule has 0 bridgehead atoms. The predicted octanol–water partition coefficient (Wildman–Crippen LogP) is 3.66. The molecule has 0 N–H and O–H groups in total. The van der Waals surface area contributed by atoms with Crippen LogP contribution < -0.4 is 0 Å². The van der Waals surface area contributed by atoms with E-state index in [1.54, 1.807) is 0 Å². The van der Waals surface area contributed by atoms with Gasteiger partial charge in [-0.1, -0.05) is 45.1 Å². The van der Waals surface area contributed by atoms with Crippen LogP contribution in [0.25, 0.3) is 0 Å². The lowest BCUT2D eigenvalue weighted by atomic mass is 10.1. The molecule has 0 saturated heterocycles. The molecular weight excluding hydrogens is 144 g/mol. The van der Waals surface area contributed by atoms with Crippen molar-refractivity contribution in [3.63, 3.8) is 0 Å². The normalized spacial score (nSPS) is 35.6. The van der Waals surface area contributed by atoms with E-state index in [0.29, 0.717) is 5.92 Å². The smallest absolute Gasteiger partial charge is 0.0136 e. The Bertz CT molecular complexity index is 186. The second-order valence-electron chi connectivity index (χ2n) is 4.17. The summed E-state index contributed by atoms with van der Waals surface area (Å²) in [5, 5.41) is 0. The first-order valence-electron chi connectivity index (χ1n) is 4.98. The van der Waals surface area contributed by atoms with Gasteiger partial charge in [0.2, 0.25) is 0 Å². The van der Waals surface area contributed by atoms with Crippen molar-refractivity contribution < 1.29 is 0 Å². The molecule has 0 aromatic heterocycles. The van der Waals surface area contributed by atoms with Crippen LogP contribution in [0.3, 0.4) is 0 Å². The first kappa shape index (κ1) is 9.57. The van der Waals surface area contributed by atoms with Gasteiger partial charge in [0.05, 0.1) is 0 Å². The monoisotopic (exact) mass is 164 g/mol. The summed E-state index contributed by atoms with van der Waals surface area (Å²) in [5.41, 5.74) is 0. The third-order valence-electron chi connectivity index (χ3n) is 2.65. The minimum Gasteiger partial charge on any atom is -0.0914 e. The van der Waals surface area contributed by atoms with Crippen LogP contribution >= 0.6 is 0 Å². The summed E-state index contributed by atoms with van der Waals surface area (Å²) < 4.78 is 0. The molecule has 0 heteroatoms. The van der Waals surface area contributed by atoms with Crippen molar-refractivity contribution in [1.82, 2.24) is 0 Å². The summed E-state index contributed by atoms with van der Waals surface area (Å²) in [6.45, 7) is 8.90. The predicted molar refractivity (Wildman–Crippen MR) is 54.9 cm³/mol. The Balaban J connectivity index is 2.38. The van der Waals surface area contributed by atoms with E-state index in [2.05, 4.69) is 52.0 Å². The quantitative estimate of drug-likeness (QED) is 0.558. The Morgan fingerprint density at radius 2 is 1.67 bits per heavy atom. The lowest BCUT2D eigenvalue weighted by Crippen LogP contribution is -1.79. The number of hydrogen-bond acceptors (Lipinski definition) is 0. The second kappa shape index (κ2) is 3.93. The third kappa shape index (κ3) is 2.23. The SMILES string of the molecule is CC=CC1C(C)C1C=CC(C)C. The molecule has 68 valence electrons. The minimum absolute atomic E-state index is 0.698. The highest BCUT2D eigenvalue weighted by atomic mass is 14.5. The van der Waals surface area contributed by atoms with Crippen molar-refractivity contribution in [3.8, 4) is 0 Å². The molecular formula is C12H20. The maximum absolute atomic E-state index is 2.39. The summed E-state index contributed by atoms with van der Waals surface area (Å²) in [4.78, 5) is 0. The number of rotatable bonds is 3. The van der Waals surface area contributed by atoms with E-state index in [4.69, 9.17) is 0 Å². The first-order chi connectivity index (χ1) is 5.66. The summed E-state index contributed by atoms with van der Waals surface area (Å²) in [6.07, 6.45) is 9.22. The second-order valence-corrected chi connectivity index (χ2v) is 4.17. The fourth-order valence-corrected chi connectivity index (χ4v) is 1.71. The van der Waals surface area contributed by atoms with E-state index < -0.39 is 0 Å². The zero-order valence-corrected chi connectivity index (χ0v) is 8.62. The van der Waals surface area contributed by atoms with Gasteiger partial charge in [-0.2, -0.15) is 0 Å². The van der Waals surface area contributed by atoms with Gasteiger partial charge in [-0.15, -0.1) is 0 Å². The molecule has 0 aromatic rings. The summed E-state index contributed by atoms with van der Waals surface area (Å²) in [6, 6.07) is 0. The third-order valence-corrected chi connectivity index (χ3v) is 2.65. The Kier molecular flexibility index (Phi) is 3.13. The van der Waals surface area contributed by atoms with Gasteiger partial charge in [0, 0.05) is 0 Å². The molecule has 0 spiro atoms. The Morgan fingerprint density at radius 3 is 2.17 bits per heavy atom. The highest BCUT2D eigenvalue weighted by Crippen LogP contribution is 2.47. The average Bonchev–Trinajstić information content (AvgIpc) is 2.59. The van der Waals surface area contributed by atoms with Gasteiger partial charge in [-0.3, -0.25) is 0 Å². The molecule has 1 fully saturated rings. The summed E-state index contributed by atoms with van der Waals surface area (Å²) in [7, 11) is 0. The lowest BCUT2D eigenvalue weighted by Gasteiger charge is -1.91. The van der Waals surface area contributed by atoms with E-state index in [0.717, 1.165) is 17.8 Å². The molecule has 1 aliphatic carbocycles. The Labute approximate surface area is 76.4 Å². The zero-order valence-electron chi connectivity index (χ0n) is 8.62. The molecule has 0 nitrogen and oxygen atoms in total. The first-order valence-corrected chi connectivity index (χ1v) is 4.98. The summed E-state index contributed by atoms with van der Waals surface area (Å²) >= 11 is 0. The van der Waals surface area contributed by atoms with Crippen molar-refractivity contribution in [2.45, 2.75) is 27.7 Å². The van der Waals surface area contributed by atoms with Gasteiger partial charge in [0.15, 0.2) is 0 Å². The van der Waals surface area contributed by atoms with Crippen LogP contribution in [0.5, 0.6) is 0 Å². The fraction of sp³-hybridized carbons (Fsp3) is 0.667. The molecule has 0 amide bonds. The average molecular weight is 164 g/mol. The van der Waals surface area contributed by atoms with E-state index >= 15 is 0 Å². The van der Waals surface area contributed by atoms with E-state index in [-0.39, 0.29) is 0 Å². The van der Waals surface area contributed by atoms with Gasteiger partial charge in [0.1, 0.15) is 0 Å². The standard InChI is InChI=1S/C12H20/c1-5-6-11-10(4)12(11)8-7-9(2)3/h5-12H,1-4H3. The molecule has 0 radical (unpaired) electrons. The fourth-order valence-electron chi connectivity index (χ4n) is 1.71. The van der Waals surface area contributed by atoms with Crippen molar-refractivity contribution in [3.05, 3.63) is 24.3 Å². The highest BCUT2D eigenvalue weighted by Gasteiger charge is 2.42. The Morgan fingerprint density at radius 1 is 1.08 bits per heavy atom.